The monoisotopic (exact) mass is 499 g/mol. The van der Waals surface area contributed by atoms with Gasteiger partial charge in [-0.05, 0) is 18.6 Å². The number of thioether (sulfide) groups is 1. The SMILES string of the molecule is Cl.Cl.Cl.O=C(O)c1ccc(N2CCN([C@@H]3CN[C@H](C(=O)N4CCSC4)C3)CC2)nc1. The minimum absolute atomic E-state index is 0. The lowest BCUT2D eigenvalue weighted by Gasteiger charge is -2.38. The molecule has 0 aliphatic carbocycles. The summed E-state index contributed by atoms with van der Waals surface area (Å²) >= 11 is 1.82. The summed E-state index contributed by atoms with van der Waals surface area (Å²) in [6, 6.07) is 3.74. The molecule has 0 aromatic carbocycles. The van der Waals surface area contributed by atoms with E-state index in [1.54, 1.807) is 12.1 Å². The number of aromatic nitrogens is 1. The Morgan fingerprint density at radius 3 is 2.40 bits per heavy atom. The first-order valence-electron chi connectivity index (χ1n) is 9.40. The highest BCUT2D eigenvalue weighted by atomic mass is 35.5. The average molecular weight is 501 g/mol. The van der Waals surface area contributed by atoms with Gasteiger partial charge < -0.3 is 20.2 Å². The molecule has 0 unspecified atom stereocenters. The van der Waals surface area contributed by atoms with E-state index in [0.717, 1.165) is 63.1 Å². The molecule has 0 bridgehead atoms. The molecule has 0 saturated carbocycles. The average Bonchev–Trinajstić information content (AvgIpc) is 3.40. The third-order valence-corrected chi connectivity index (χ3v) is 6.59. The maximum Gasteiger partial charge on any atom is 0.337 e. The number of nitrogens with one attached hydrogen (secondary N) is 1. The van der Waals surface area contributed by atoms with E-state index >= 15 is 0 Å². The number of hydrogen-bond donors (Lipinski definition) is 2. The van der Waals surface area contributed by atoms with Gasteiger partial charge in [0.05, 0.1) is 17.5 Å². The molecular weight excluding hydrogens is 473 g/mol. The van der Waals surface area contributed by atoms with Crippen LogP contribution in [0.5, 0.6) is 0 Å². The van der Waals surface area contributed by atoms with Gasteiger partial charge in [0.1, 0.15) is 5.82 Å². The lowest BCUT2D eigenvalue weighted by Crippen LogP contribution is -2.51. The fourth-order valence-electron chi connectivity index (χ4n) is 4.01. The molecule has 2 N–H and O–H groups in total. The third kappa shape index (κ3) is 6.05. The van der Waals surface area contributed by atoms with Crippen LogP contribution >= 0.6 is 49.0 Å². The zero-order chi connectivity index (χ0) is 18.8. The second-order valence-corrected chi connectivity index (χ2v) is 8.30. The van der Waals surface area contributed by atoms with Crippen LogP contribution < -0.4 is 10.2 Å². The molecule has 4 rings (SSSR count). The van der Waals surface area contributed by atoms with Crippen LogP contribution in [0.15, 0.2) is 18.3 Å². The van der Waals surface area contributed by atoms with Crippen LogP contribution in [0.3, 0.4) is 0 Å². The smallest absolute Gasteiger partial charge is 0.337 e. The van der Waals surface area contributed by atoms with Gasteiger partial charge in [-0.15, -0.1) is 49.0 Å². The minimum Gasteiger partial charge on any atom is -0.478 e. The van der Waals surface area contributed by atoms with Gasteiger partial charge in [0.25, 0.3) is 0 Å². The predicted octanol–water partition coefficient (Wildman–Crippen LogP) is 1.43. The summed E-state index contributed by atoms with van der Waals surface area (Å²) in [4.78, 5) is 34.4. The highest BCUT2D eigenvalue weighted by Gasteiger charge is 2.36. The van der Waals surface area contributed by atoms with Crippen molar-refractivity contribution in [3.05, 3.63) is 23.9 Å². The van der Waals surface area contributed by atoms with Crippen molar-refractivity contribution < 1.29 is 14.7 Å². The third-order valence-electron chi connectivity index (χ3n) is 5.62. The van der Waals surface area contributed by atoms with Crippen molar-refractivity contribution in [3.8, 4) is 0 Å². The van der Waals surface area contributed by atoms with Crippen molar-refractivity contribution in [1.82, 2.24) is 20.1 Å². The normalized spacial score (nSPS) is 23.9. The Morgan fingerprint density at radius 1 is 1.10 bits per heavy atom. The Bertz CT molecular complexity index is 701. The Hall–Kier alpha value is -0.970. The van der Waals surface area contributed by atoms with E-state index in [0.29, 0.717) is 6.04 Å². The van der Waals surface area contributed by atoms with Crippen LogP contribution in [0.4, 0.5) is 5.82 Å². The van der Waals surface area contributed by atoms with Crippen LogP contribution in [-0.2, 0) is 4.79 Å². The first-order valence-corrected chi connectivity index (χ1v) is 10.6. The molecule has 3 aliphatic rings. The molecule has 4 heterocycles. The molecule has 3 aliphatic heterocycles. The van der Waals surface area contributed by atoms with Crippen molar-refractivity contribution in [2.24, 2.45) is 0 Å². The predicted molar refractivity (Wildman–Crippen MR) is 126 cm³/mol. The summed E-state index contributed by atoms with van der Waals surface area (Å²) in [5.74, 6) is 2.00. The van der Waals surface area contributed by atoms with E-state index in [9.17, 15) is 9.59 Å². The summed E-state index contributed by atoms with van der Waals surface area (Å²) in [6.45, 7) is 5.31. The number of carboxylic acids is 1. The van der Waals surface area contributed by atoms with Gasteiger partial charge in [0.15, 0.2) is 0 Å². The Morgan fingerprint density at radius 2 is 1.83 bits per heavy atom. The number of carboxylic acid groups (broad SMARTS) is 1. The van der Waals surface area contributed by atoms with Crippen molar-refractivity contribution in [1.29, 1.82) is 0 Å². The van der Waals surface area contributed by atoms with Crippen LogP contribution in [-0.4, -0.2) is 94.7 Å². The standard InChI is InChI=1S/C18H25N5O3S.3ClH/c24-17(23-7-8-27-12-23)15-9-14(11-19-15)21-3-5-22(6-4-21)16-2-1-13(10-20-16)18(25)26;;;/h1-2,10,14-15,19H,3-9,11-12H2,(H,25,26);3*1H/t14-,15-;;;/m0.../s1. The summed E-state index contributed by atoms with van der Waals surface area (Å²) in [7, 11) is 0. The number of anilines is 1. The number of piperazine rings is 1. The quantitative estimate of drug-likeness (QED) is 0.642. The highest BCUT2D eigenvalue weighted by molar-refractivity contribution is 7.99. The number of pyridine rings is 1. The van der Waals surface area contributed by atoms with E-state index in [4.69, 9.17) is 5.11 Å². The number of hydrogen-bond acceptors (Lipinski definition) is 7. The maximum absolute atomic E-state index is 12.6. The zero-order valence-electron chi connectivity index (χ0n) is 16.4. The first kappa shape index (κ1) is 27.1. The second kappa shape index (κ2) is 12.2. The fraction of sp³-hybridized carbons (Fsp3) is 0.611. The van der Waals surface area contributed by atoms with Gasteiger partial charge in [0, 0.05) is 57.3 Å². The largest absolute Gasteiger partial charge is 0.478 e. The number of carbonyl (C=O) groups excluding carboxylic acids is 1. The Labute approximate surface area is 199 Å². The van der Waals surface area contributed by atoms with Gasteiger partial charge in [-0.2, -0.15) is 0 Å². The van der Waals surface area contributed by atoms with E-state index in [-0.39, 0.29) is 54.7 Å². The van der Waals surface area contributed by atoms with E-state index in [2.05, 4.69) is 20.1 Å². The summed E-state index contributed by atoms with van der Waals surface area (Å²) in [6.07, 6.45) is 2.29. The van der Waals surface area contributed by atoms with Crippen molar-refractivity contribution in [2.75, 3.05) is 55.8 Å². The molecule has 30 heavy (non-hydrogen) atoms. The Balaban J connectivity index is 0.00000150. The van der Waals surface area contributed by atoms with Crippen molar-refractivity contribution in [3.63, 3.8) is 0 Å². The highest BCUT2D eigenvalue weighted by Crippen LogP contribution is 2.22. The number of nitrogens with zero attached hydrogens (tertiary/aromatic N) is 4. The maximum atomic E-state index is 12.6. The van der Waals surface area contributed by atoms with E-state index in [1.165, 1.54) is 6.20 Å². The Kier molecular flexibility index (Phi) is 11.0. The molecule has 1 aromatic rings. The topological polar surface area (TPSA) is 89.0 Å². The molecule has 3 fully saturated rings. The first-order chi connectivity index (χ1) is 13.1. The number of rotatable bonds is 4. The summed E-state index contributed by atoms with van der Waals surface area (Å²) in [5.41, 5.74) is 0.210. The molecule has 2 atom stereocenters. The van der Waals surface area contributed by atoms with Gasteiger partial charge in [-0.25, -0.2) is 9.78 Å². The fourth-order valence-corrected chi connectivity index (χ4v) is 4.96. The van der Waals surface area contributed by atoms with Crippen LogP contribution in [0.25, 0.3) is 0 Å². The van der Waals surface area contributed by atoms with Crippen molar-refractivity contribution in [2.45, 2.75) is 18.5 Å². The van der Waals surface area contributed by atoms with Gasteiger partial charge in [-0.3, -0.25) is 9.69 Å². The molecule has 8 nitrogen and oxygen atoms in total. The van der Waals surface area contributed by atoms with Crippen LogP contribution in [0, 0.1) is 0 Å². The summed E-state index contributed by atoms with van der Waals surface area (Å²) in [5, 5.41) is 12.4. The number of aromatic carboxylic acids is 1. The zero-order valence-corrected chi connectivity index (χ0v) is 19.7. The van der Waals surface area contributed by atoms with E-state index < -0.39 is 5.97 Å². The molecule has 1 aromatic heterocycles. The lowest BCUT2D eigenvalue weighted by molar-refractivity contribution is -0.131. The molecular formula is C18H28Cl3N5O3S. The van der Waals surface area contributed by atoms with Crippen molar-refractivity contribution >= 4 is 66.7 Å². The van der Waals surface area contributed by atoms with Gasteiger partial charge in [-0.1, -0.05) is 0 Å². The molecule has 12 heteroatoms. The lowest BCUT2D eigenvalue weighted by atomic mass is 10.1. The minimum atomic E-state index is -0.954. The number of carbonyl (C=O) groups is 2. The molecule has 170 valence electrons. The van der Waals surface area contributed by atoms with E-state index in [1.807, 2.05) is 16.7 Å². The molecule has 0 radical (unpaired) electrons. The number of halogens is 3. The molecule has 3 saturated heterocycles. The summed E-state index contributed by atoms with van der Waals surface area (Å²) < 4.78 is 0. The van der Waals surface area contributed by atoms with Gasteiger partial charge >= 0.3 is 5.97 Å². The van der Waals surface area contributed by atoms with Gasteiger partial charge in [0.2, 0.25) is 5.91 Å². The molecule has 0 spiro atoms. The number of amides is 1. The molecule has 1 amide bonds. The van der Waals surface area contributed by atoms with Crippen LogP contribution in [0.1, 0.15) is 16.8 Å². The van der Waals surface area contributed by atoms with Crippen LogP contribution in [0.2, 0.25) is 0 Å². The second-order valence-electron chi connectivity index (χ2n) is 7.22.